The maximum absolute atomic E-state index is 12.7. The Hall–Kier alpha value is -3.97. The van der Waals surface area contributed by atoms with Gasteiger partial charge in [-0.25, -0.2) is 4.79 Å². The minimum atomic E-state index is -0.814. The maximum atomic E-state index is 12.7. The van der Waals surface area contributed by atoms with Crippen LogP contribution in [0.25, 0.3) is 5.69 Å². The number of halogens is 1. The quantitative estimate of drug-likeness (QED) is 0.490. The molecule has 3 aromatic carbocycles. The number of aliphatic imine (C=N–C) groups is 1. The molecule has 0 saturated carbocycles. The number of amides is 1. The molecule has 8 heteroatoms. The molecule has 1 aliphatic heterocycles. The van der Waals surface area contributed by atoms with Crippen LogP contribution in [0.15, 0.2) is 83.9 Å². The Morgan fingerprint density at radius 2 is 1.78 bits per heavy atom. The molecule has 1 amide bonds. The second-order valence-corrected chi connectivity index (χ2v) is 7.63. The molecular formula is C24H18ClN5O2. The Kier molecular flexibility index (Phi) is 5.17. The van der Waals surface area contributed by atoms with Gasteiger partial charge in [-0.15, -0.1) is 10.2 Å². The molecule has 0 spiro atoms. The Morgan fingerprint density at radius 3 is 2.59 bits per heavy atom. The monoisotopic (exact) mass is 443 g/mol. The third-order valence-electron chi connectivity index (χ3n) is 5.06. The van der Waals surface area contributed by atoms with Gasteiger partial charge in [-0.1, -0.05) is 66.2 Å². The first-order valence-corrected chi connectivity index (χ1v) is 10.4. The maximum Gasteiger partial charge on any atom is 0.414 e. The van der Waals surface area contributed by atoms with Crippen molar-refractivity contribution >= 4 is 23.4 Å². The summed E-state index contributed by atoms with van der Waals surface area (Å²) in [4.78, 5) is 17.6. The molecule has 5 rings (SSSR count). The lowest BCUT2D eigenvalue weighted by atomic mass is 10.0. The zero-order chi connectivity index (χ0) is 22.1. The molecule has 0 fully saturated rings. The summed E-state index contributed by atoms with van der Waals surface area (Å²) >= 11 is 5.99. The molecule has 0 aliphatic carbocycles. The average molecular weight is 444 g/mol. The first-order valence-electron chi connectivity index (χ1n) is 9.99. The van der Waals surface area contributed by atoms with E-state index in [0.717, 1.165) is 22.5 Å². The van der Waals surface area contributed by atoms with Gasteiger partial charge in [0.25, 0.3) is 0 Å². The van der Waals surface area contributed by atoms with Crippen molar-refractivity contribution in [3.8, 4) is 11.4 Å². The fourth-order valence-electron chi connectivity index (χ4n) is 3.68. The molecule has 1 atom stereocenters. The van der Waals surface area contributed by atoms with Crippen LogP contribution in [0.3, 0.4) is 0 Å². The molecule has 1 aromatic heterocycles. The largest absolute Gasteiger partial charge is 0.414 e. The highest BCUT2D eigenvalue weighted by atomic mass is 35.5. The van der Waals surface area contributed by atoms with Gasteiger partial charge in [-0.3, -0.25) is 14.9 Å². The van der Waals surface area contributed by atoms with Gasteiger partial charge >= 0.3 is 6.09 Å². The van der Waals surface area contributed by atoms with Crippen molar-refractivity contribution in [2.75, 3.05) is 0 Å². The predicted molar refractivity (Wildman–Crippen MR) is 122 cm³/mol. The van der Waals surface area contributed by atoms with Crippen molar-refractivity contribution in [3.05, 3.63) is 107 Å². The van der Waals surface area contributed by atoms with Crippen molar-refractivity contribution in [1.29, 1.82) is 0 Å². The minimum Gasteiger partial charge on any atom is -0.410 e. The van der Waals surface area contributed by atoms with Gasteiger partial charge in [0, 0.05) is 16.1 Å². The molecule has 1 N–H and O–H groups in total. The first-order chi connectivity index (χ1) is 15.6. The number of nitrogens with one attached hydrogen (secondary N) is 1. The van der Waals surface area contributed by atoms with Crippen LogP contribution in [0.4, 0.5) is 4.79 Å². The van der Waals surface area contributed by atoms with Gasteiger partial charge in [0.2, 0.25) is 0 Å². The number of para-hydroxylation sites is 1. The van der Waals surface area contributed by atoms with Gasteiger partial charge in [0.05, 0.1) is 11.4 Å². The fourth-order valence-corrected chi connectivity index (χ4v) is 3.86. The normalized spacial score (nSPS) is 14.6. The zero-order valence-electron chi connectivity index (χ0n) is 17.1. The number of aryl methyl sites for hydroxylation is 1. The second-order valence-electron chi connectivity index (χ2n) is 7.20. The first kappa shape index (κ1) is 20.0. The van der Waals surface area contributed by atoms with Crippen molar-refractivity contribution in [1.82, 2.24) is 20.1 Å². The molecule has 158 valence electrons. The Bertz CT molecular complexity index is 1330. The van der Waals surface area contributed by atoms with E-state index in [0.29, 0.717) is 22.4 Å². The van der Waals surface area contributed by atoms with Gasteiger partial charge in [0.15, 0.2) is 12.0 Å². The van der Waals surface area contributed by atoms with E-state index in [4.69, 9.17) is 21.3 Å². The third kappa shape index (κ3) is 3.74. The number of carbonyl (C=O) groups is 1. The van der Waals surface area contributed by atoms with Crippen molar-refractivity contribution in [3.63, 3.8) is 0 Å². The van der Waals surface area contributed by atoms with Crippen LogP contribution in [0.5, 0.6) is 5.75 Å². The predicted octanol–water partition coefficient (Wildman–Crippen LogP) is 4.87. The lowest BCUT2D eigenvalue weighted by Gasteiger charge is -2.14. The Labute approximate surface area is 189 Å². The summed E-state index contributed by atoms with van der Waals surface area (Å²) in [5.74, 6) is 1.51. The van der Waals surface area contributed by atoms with Gasteiger partial charge in [0.1, 0.15) is 11.6 Å². The van der Waals surface area contributed by atoms with Crippen LogP contribution in [-0.2, 0) is 0 Å². The molecule has 0 saturated heterocycles. The van der Waals surface area contributed by atoms with Crippen molar-refractivity contribution in [2.24, 2.45) is 4.99 Å². The van der Waals surface area contributed by atoms with Gasteiger partial charge in [-0.2, -0.15) is 0 Å². The van der Waals surface area contributed by atoms with E-state index in [1.807, 2.05) is 66.1 Å². The zero-order valence-corrected chi connectivity index (χ0v) is 17.8. The Morgan fingerprint density at radius 1 is 1.00 bits per heavy atom. The minimum absolute atomic E-state index is 0.330. The highest BCUT2D eigenvalue weighted by molar-refractivity contribution is 6.30. The molecule has 2 heterocycles. The highest BCUT2D eigenvalue weighted by Gasteiger charge is 2.29. The van der Waals surface area contributed by atoms with E-state index in [1.54, 1.807) is 24.3 Å². The van der Waals surface area contributed by atoms with E-state index >= 15 is 0 Å². The standard InChI is InChI=1S/C24H18ClN5O2/c1-15-28-29-23-22(27-24(31)32-18-11-7-10-17(25)14-18)26-21(16-8-3-2-4-9-16)19-12-5-6-13-20(19)30(15)23/h2-14,22H,1H3,(H,27,31). The fraction of sp³-hybridized carbons (Fsp3) is 0.0833. The summed E-state index contributed by atoms with van der Waals surface area (Å²) in [5, 5.41) is 11.8. The number of carbonyl (C=O) groups excluding carboxylic acids is 1. The van der Waals surface area contributed by atoms with E-state index < -0.39 is 12.3 Å². The number of hydrogen-bond donors (Lipinski definition) is 1. The number of nitrogens with zero attached hydrogens (tertiary/aromatic N) is 4. The van der Waals surface area contributed by atoms with Crippen LogP contribution in [0, 0.1) is 6.92 Å². The van der Waals surface area contributed by atoms with Crippen LogP contribution < -0.4 is 10.1 Å². The lowest BCUT2D eigenvalue weighted by Crippen LogP contribution is -2.32. The SMILES string of the molecule is Cc1nnc2n1-c1ccccc1C(c1ccccc1)=NC2NC(=O)Oc1cccc(Cl)c1. The van der Waals surface area contributed by atoms with Crippen LogP contribution >= 0.6 is 11.6 Å². The number of aromatic nitrogens is 3. The van der Waals surface area contributed by atoms with Gasteiger partial charge < -0.3 is 4.74 Å². The molecule has 0 radical (unpaired) electrons. The van der Waals surface area contributed by atoms with Crippen LogP contribution in [0.1, 0.15) is 28.9 Å². The lowest BCUT2D eigenvalue weighted by molar-refractivity contribution is 0.196. The van der Waals surface area contributed by atoms with Gasteiger partial charge in [-0.05, 0) is 31.2 Å². The molecular weight excluding hydrogens is 426 g/mol. The van der Waals surface area contributed by atoms with E-state index in [1.165, 1.54) is 0 Å². The van der Waals surface area contributed by atoms with Crippen LogP contribution in [0.2, 0.25) is 5.02 Å². The summed E-state index contributed by atoms with van der Waals surface area (Å²) in [6.07, 6.45) is -1.49. The summed E-state index contributed by atoms with van der Waals surface area (Å²) < 4.78 is 7.32. The summed E-state index contributed by atoms with van der Waals surface area (Å²) in [6.45, 7) is 1.86. The Balaban J connectivity index is 1.59. The smallest absolute Gasteiger partial charge is 0.410 e. The summed E-state index contributed by atoms with van der Waals surface area (Å²) in [6, 6.07) is 24.3. The number of benzene rings is 3. The van der Waals surface area contributed by atoms with Crippen molar-refractivity contribution in [2.45, 2.75) is 13.1 Å². The van der Waals surface area contributed by atoms with E-state index in [-0.39, 0.29) is 0 Å². The summed E-state index contributed by atoms with van der Waals surface area (Å²) in [7, 11) is 0. The molecule has 4 aromatic rings. The van der Waals surface area contributed by atoms with E-state index in [2.05, 4.69) is 15.5 Å². The molecule has 1 aliphatic rings. The topological polar surface area (TPSA) is 81.4 Å². The molecule has 7 nitrogen and oxygen atoms in total. The van der Waals surface area contributed by atoms with Crippen molar-refractivity contribution < 1.29 is 9.53 Å². The number of fused-ring (bicyclic) bond motifs is 3. The molecule has 1 unspecified atom stereocenters. The second kappa shape index (κ2) is 8.28. The van der Waals surface area contributed by atoms with Crippen LogP contribution in [-0.4, -0.2) is 26.6 Å². The number of hydrogen-bond acceptors (Lipinski definition) is 5. The molecule has 0 bridgehead atoms. The van der Waals surface area contributed by atoms with E-state index in [9.17, 15) is 4.79 Å². The molecule has 32 heavy (non-hydrogen) atoms. The number of ether oxygens (including phenoxy) is 1. The number of rotatable bonds is 3. The average Bonchev–Trinajstić information content (AvgIpc) is 3.12. The summed E-state index contributed by atoms with van der Waals surface area (Å²) in [5.41, 5.74) is 3.46. The highest BCUT2D eigenvalue weighted by Crippen LogP contribution is 2.29. The third-order valence-corrected chi connectivity index (χ3v) is 5.30.